The highest BCUT2D eigenvalue weighted by Gasteiger charge is 2.17. The van der Waals surface area contributed by atoms with Crippen molar-refractivity contribution >= 4 is 17.8 Å². The molecule has 7 nitrogen and oxygen atoms in total. The molecular formula is C22H34N2O5. The number of carbonyl (C=O) groups excluding carboxylic acids is 3. The van der Waals surface area contributed by atoms with E-state index in [0.29, 0.717) is 5.57 Å². The summed E-state index contributed by atoms with van der Waals surface area (Å²) in [7, 11) is 2.49. The van der Waals surface area contributed by atoms with Crippen LogP contribution in [0.3, 0.4) is 0 Å². The van der Waals surface area contributed by atoms with Gasteiger partial charge in [-0.05, 0) is 25.7 Å². The van der Waals surface area contributed by atoms with E-state index in [2.05, 4.69) is 35.8 Å². The summed E-state index contributed by atoms with van der Waals surface area (Å²) >= 11 is 0. The van der Waals surface area contributed by atoms with Crippen molar-refractivity contribution in [1.82, 2.24) is 10.6 Å². The van der Waals surface area contributed by atoms with Gasteiger partial charge in [0.15, 0.2) is 5.70 Å². The van der Waals surface area contributed by atoms with Gasteiger partial charge in [0.05, 0.1) is 19.9 Å². The van der Waals surface area contributed by atoms with Gasteiger partial charge in [-0.1, -0.05) is 57.9 Å². The Morgan fingerprint density at radius 2 is 1.72 bits per heavy atom. The van der Waals surface area contributed by atoms with Crippen LogP contribution in [0.2, 0.25) is 0 Å². The second kappa shape index (κ2) is 15.1. The van der Waals surface area contributed by atoms with Gasteiger partial charge in [-0.25, -0.2) is 4.79 Å². The van der Waals surface area contributed by atoms with Crippen LogP contribution in [0.1, 0.15) is 52.9 Å². The summed E-state index contributed by atoms with van der Waals surface area (Å²) in [5, 5.41) is 4.67. The Hall–Kier alpha value is -2.83. The summed E-state index contributed by atoms with van der Waals surface area (Å²) in [5.74, 6) is -1.25. The third-order valence-corrected chi connectivity index (χ3v) is 3.92. The molecule has 7 heteroatoms. The van der Waals surface area contributed by atoms with Crippen molar-refractivity contribution in [2.75, 3.05) is 14.2 Å². The van der Waals surface area contributed by atoms with Crippen LogP contribution < -0.4 is 10.6 Å². The van der Waals surface area contributed by atoms with Crippen molar-refractivity contribution < 1.29 is 23.9 Å². The van der Waals surface area contributed by atoms with E-state index in [4.69, 9.17) is 4.74 Å². The van der Waals surface area contributed by atoms with Crippen LogP contribution in [0.5, 0.6) is 0 Å². The molecule has 0 aliphatic rings. The summed E-state index contributed by atoms with van der Waals surface area (Å²) in [4.78, 5) is 35.7. The van der Waals surface area contributed by atoms with Crippen molar-refractivity contribution in [3.05, 3.63) is 48.0 Å². The molecular weight excluding hydrogens is 372 g/mol. The van der Waals surface area contributed by atoms with E-state index in [9.17, 15) is 14.4 Å². The number of methoxy groups -OCH3 is 2. The van der Waals surface area contributed by atoms with Crippen molar-refractivity contribution in [3.63, 3.8) is 0 Å². The lowest BCUT2D eigenvalue weighted by molar-refractivity contribution is -0.137. The molecule has 0 bridgehead atoms. The van der Waals surface area contributed by atoms with Crippen LogP contribution in [0, 0.1) is 5.92 Å². The third-order valence-electron chi connectivity index (χ3n) is 3.92. The zero-order chi connectivity index (χ0) is 22.2. The Morgan fingerprint density at radius 3 is 2.31 bits per heavy atom. The summed E-state index contributed by atoms with van der Waals surface area (Å²) in [6, 6.07) is 0. The number of hydrogen-bond donors (Lipinski definition) is 2. The quantitative estimate of drug-likeness (QED) is 0.161. The molecule has 0 aliphatic heterocycles. The van der Waals surface area contributed by atoms with E-state index < -0.39 is 17.8 Å². The molecule has 0 unspecified atom stereocenters. The Labute approximate surface area is 173 Å². The van der Waals surface area contributed by atoms with E-state index in [1.807, 2.05) is 12.2 Å². The molecule has 0 aromatic heterocycles. The Kier molecular flexibility index (Phi) is 13.7. The van der Waals surface area contributed by atoms with Crippen molar-refractivity contribution in [2.24, 2.45) is 5.92 Å². The fraction of sp³-hybridized carbons (Fsp3) is 0.500. The van der Waals surface area contributed by atoms with Gasteiger partial charge in [-0.3, -0.25) is 9.59 Å². The molecule has 0 aromatic carbocycles. The molecule has 0 rings (SSSR count). The minimum atomic E-state index is -0.787. The lowest BCUT2D eigenvalue weighted by Crippen LogP contribution is -2.36. The number of ether oxygens (including phenoxy) is 2. The number of esters is 1. The van der Waals surface area contributed by atoms with Gasteiger partial charge in [0.1, 0.15) is 6.26 Å². The Bertz CT molecular complexity index is 660. The molecule has 0 heterocycles. The molecule has 0 spiro atoms. The highest BCUT2D eigenvalue weighted by atomic mass is 16.5. The lowest BCUT2D eigenvalue weighted by Gasteiger charge is -2.10. The molecule has 0 aromatic rings. The van der Waals surface area contributed by atoms with Crippen molar-refractivity contribution in [3.8, 4) is 0 Å². The number of carbonyl (C=O) groups is 3. The first-order valence-corrected chi connectivity index (χ1v) is 9.69. The predicted octanol–water partition coefficient (Wildman–Crippen LogP) is 3.50. The van der Waals surface area contributed by atoms with Crippen LogP contribution in [0.25, 0.3) is 0 Å². The number of amides is 2. The van der Waals surface area contributed by atoms with Gasteiger partial charge in [0.2, 0.25) is 0 Å². The second-order valence-electron chi connectivity index (χ2n) is 6.96. The smallest absolute Gasteiger partial charge is 0.357 e. The van der Waals surface area contributed by atoms with E-state index in [-0.39, 0.29) is 11.4 Å². The minimum absolute atomic E-state index is 0.206. The summed E-state index contributed by atoms with van der Waals surface area (Å²) in [6.07, 6.45) is 12.3. The first-order valence-electron chi connectivity index (χ1n) is 9.69. The van der Waals surface area contributed by atoms with Crippen molar-refractivity contribution in [2.45, 2.75) is 52.9 Å². The van der Waals surface area contributed by atoms with Crippen LogP contribution in [-0.2, 0) is 23.9 Å². The number of hydrogen-bond acceptors (Lipinski definition) is 5. The molecule has 0 atom stereocenters. The zero-order valence-electron chi connectivity index (χ0n) is 18.2. The topological polar surface area (TPSA) is 93.7 Å². The molecule has 0 aliphatic carbocycles. The maximum absolute atomic E-state index is 12.1. The SMILES string of the molecule is C=C(NC(=O)/C(C)=C/C=C\CCCCCC(C)C)C(=O)N/C(=C\OC)C(=O)OC. The van der Waals surface area contributed by atoms with E-state index in [1.165, 1.54) is 33.5 Å². The predicted molar refractivity (Wildman–Crippen MR) is 113 cm³/mol. The van der Waals surface area contributed by atoms with Gasteiger partial charge in [0, 0.05) is 5.57 Å². The average molecular weight is 407 g/mol. The molecule has 0 radical (unpaired) electrons. The summed E-state index contributed by atoms with van der Waals surface area (Å²) < 4.78 is 9.24. The molecule has 0 fully saturated rings. The number of rotatable bonds is 13. The van der Waals surface area contributed by atoms with Crippen LogP contribution in [0.15, 0.2) is 48.0 Å². The Balaban J connectivity index is 4.47. The normalized spacial score (nSPS) is 12.1. The Morgan fingerprint density at radius 1 is 1.03 bits per heavy atom. The van der Waals surface area contributed by atoms with E-state index >= 15 is 0 Å². The fourth-order valence-electron chi connectivity index (χ4n) is 2.22. The van der Waals surface area contributed by atoms with Crippen LogP contribution in [-0.4, -0.2) is 32.0 Å². The molecule has 29 heavy (non-hydrogen) atoms. The van der Waals surface area contributed by atoms with Gasteiger partial charge >= 0.3 is 5.97 Å². The summed E-state index contributed by atoms with van der Waals surface area (Å²) in [6.45, 7) is 9.61. The monoisotopic (exact) mass is 406 g/mol. The number of unbranched alkanes of at least 4 members (excludes halogenated alkanes) is 3. The maximum atomic E-state index is 12.1. The van der Waals surface area contributed by atoms with E-state index in [0.717, 1.165) is 25.0 Å². The van der Waals surface area contributed by atoms with Gasteiger partial charge < -0.3 is 20.1 Å². The third kappa shape index (κ3) is 12.3. The van der Waals surface area contributed by atoms with Gasteiger partial charge in [0.25, 0.3) is 11.8 Å². The summed E-state index contributed by atoms with van der Waals surface area (Å²) in [5.41, 5.74) is 0.0115. The van der Waals surface area contributed by atoms with Gasteiger partial charge in [-0.2, -0.15) is 0 Å². The van der Waals surface area contributed by atoms with E-state index in [1.54, 1.807) is 13.0 Å². The van der Waals surface area contributed by atoms with Crippen LogP contribution in [0.4, 0.5) is 0 Å². The lowest BCUT2D eigenvalue weighted by atomic mass is 10.0. The average Bonchev–Trinajstić information content (AvgIpc) is 2.68. The zero-order valence-corrected chi connectivity index (χ0v) is 18.2. The molecule has 0 saturated carbocycles. The van der Waals surface area contributed by atoms with Crippen LogP contribution >= 0.6 is 0 Å². The van der Waals surface area contributed by atoms with Crippen molar-refractivity contribution in [1.29, 1.82) is 0 Å². The number of allylic oxidation sites excluding steroid dienone is 3. The fourth-order valence-corrected chi connectivity index (χ4v) is 2.22. The molecule has 2 amide bonds. The molecule has 162 valence electrons. The first kappa shape index (κ1) is 26.2. The highest BCUT2D eigenvalue weighted by Crippen LogP contribution is 2.09. The molecule has 0 saturated heterocycles. The molecule has 2 N–H and O–H groups in total. The maximum Gasteiger partial charge on any atom is 0.357 e. The highest BCUT2D eigenvalue weighted by molar-refractivity contribution is 6.04. The standard InChI is InChI=1S/C22H34N2O5/c1-16(2)13-11-9-7-8-10-12-14-17(3)20(25)23-18(4)21(26)24-19(15-28-5)22(27)29-6/h10,12,14-16H,4,7-9,11,13H2,1-3,5-6H3,(H,23,25)(H,24,26)/b12-10-,17-14+,19-15-. The largest absolute Gasteiger partial charge is 0.502 e. The van der Waals surface area contributed by atoms with Gasteiger partial charge in [-0.15, -0.1) is 0 Å². The second-order valence-corrected chi connectivity index (χ2v) is 6.96. The number of nitrogens with one attached hydrogen (secondary N) is 2. The first-order chi connectivity index (χ1) is 13.7. The minimum Gasteiger partial charge on any atom is -0.502 e.